The van der Waals surface area contributed by atoms with Crippen LogP contribution in [0, 0.1) is 5.82 Å². The molecule has 16 heavy (non-hydrogen) atoms. The van der Waals surface area contributed by atoms with Crippen molar-refractivity contribution in [3.8, 4) is 0 Å². The molecule has 1 aromatic carbocycles. The van der Waals surface area contributed by atoms with Crippen LogP contribution >= 0.6 is 0 Å². The normalized spacial score (nSPS) is 19.3. The van der Waals surface area contributed by atoms with Crippen molar-refractivity contribution in [2.24, 2.45) is 0 Å². The van der Waals surface area contributed by atoms with Crippen molar-refractivity contribution >= 4 is 17.5 Å². The molecule has 2 rings (SSSR count). The molecule has 1 aliphatic rings. The van der Waals surface area contributed by atoms with Gasteiger partial charge in [0.2, 0.25) is 11.8 Å². The van der Waals surface area contributed by atoms with E-state index < -0.39 is 6.04 Å². The van der Waals surface area contributed by atoms with Gasteiger partial charge in [-0.05, 0) is 24.3 Å². The van der Waals surface area contributed by atoms with Gasteiger partial charge in [-0.2, -0.15) is 0 Å². The van der Waals surface area contributed by atoms with Gasteiger partial charge in [-0.25, -0.2) is 9.82 Å². The minimum Gasteiger partial charge on any atom is -0.325 e. The van der Waals surface area contributed by atoms with Crippen LogP contribution in [0.2, 0.25) is 0 Å². The molecule has 0 aliphatic carbocycles. The molecule has 0 saturated carbocycles. The summed E-state index contributed by atoms with van der Waals surface area (Å²) >= 11 is 0. The number of anilines is 1. The van der Waals surface area contributed by atoms with Crippen LogP contribution in [0.3, 0.4) is 0 Å². The fourth-order valence-electron chi connectivity index (χ4n) is 1.38. The minimum atomic E-state index is -0.586. The molecular formula is C10H10FN3O2. The maximum atomic E-state index is 12.6. The Morgan fingerprint density at radius 3 is 2.62 bits per heavy atom. The number of benzene rings is 1. The molecule has 1 fully saturated rings. The number of hydrogen-bond donors (Lipinski definition) is 3. The molecule has 2 amide bonds. The molecule has 1 heterocycles. The van der Waals surface area contributed by atoms with Gasteiger partial charge < -0.3 is 5.32 Å². The van der Waals surface area contributed by atoms with E-state index in [1.807, 2.05) is 0 Å². The first kappa shape index (κ1) is 10.6. The standard InChI is InChI=1S/C10H10FN3O2/c11-6-1-3-7(4-2-6)12-10(16)8-5-9(15)14-13-8/h1-4,8,13H,5H2,(H,12,16)(H,14,15). The number of halogens is 1. The van der Waals surface area contributed by atoms with Crippen LogP contribution in [-0.4, -0.2) is 17.9 Å². The Bertz CT molecular complexity index is 419. The number of hydrogen-bond acceptors (Lipinski definition) is 3. The van der Waals surface area contributed by atoms with Gasteiger partial charge in [0.1, 0.15) is 11.9 Å². The van der Waals surface area contributed by atoms with Gasteiger partial charge in [-0.3, -0.25) is 15.0 Å². The molecule has 84 valence electrons. The monoisotopic (exact) mass is 223 g/mol. The molecule has 5 nitrogen and oxygen atoms in total. The van der Waals surface area contributed by atoms with E-state index in [2.05, 4.69) is 16.2 Å². The molecule has 1 atom stereocenters. The second-order valence-electron chi connectivity index (χ2n) is 3.45. The summed E-state index contributed by atoms with van der Waals surface area (Å²) in [6.45, 7) is 0. The summed E-state index contributed by atoms with van der Waals surface area (Å²) in [6.07, 6.45) is 0.104. The van der Waals surface area contributed by atoms with Gasteiger partial charge in [0.15, 0.2) is 0 Å². The quantitative estimate of drug-likeness (QED) is 0.668. The van der Waals surface area contributed by atoms with Crippen LogP contribution in [0.25, 0.3) is 0 Å². The number of rotatable bonds is 2. The lowest BCUT2D eigenvalue weighted by Crippen LogP contribution is -2.39. The highest BCUT2D eigenvalue weighted by atomic mass is 19.1. The summed E-state index contributed by atoms with van der Waals surface area (Å²) in [5, 5.41) is 2.57. The lowest BCUT2D eigenvalue weighted by Gasteiger charge is -2.09. The summed E-state index contributed by atoms with van der Waals surface area (Å²) in [4.78, 5) is 22.4. The Labute approximate surface area is 91.0 Å². The molecule has 0 bridgehead atoms. The van der Waals surface area contributed by atoms with Crippen molar-refractivity contribution in [2.45, 2.75) is 12.5 Å². The Morgan fingerprint density at radius 1 is 1.38 bits per heavy atom. The van der Waals surface area contributed by atoms with E-state index in [0.29, 0.717) is 5.69 Å². The van der Waals surface area contributed by atoms with Gasteiger partial charge in [-0.1, -0.05) is 0 Å². The molecule has 3 N–H and O–H groups in total. The number of amides is 2. The number of hydrazine groups is 1. The average Bonchev–Trinajstić information content (AvgIpc) is 2.68. The third-order valence-electron chi connectivity index (χ3n) is 2.20. The molecule has 0 radical (unpaired) electrons. The first-order valence-corrected chi connectivity index (χ1v) is 4.76. The highest BCUT2D eigenvalue weighted by molar-refractivity contribution is 5.98. The van der Waals surface area contributed by atoms with E-state index >= 15 is 0 Å². The van der Waals surface area contributed by atoms with E-state index in [4.69, 9.17) is 0 Å². The average molecular weight is 223 g/mol. The largest absolute Gasteiger partial charge is 0.325 e. The lowest BCUT2D eigenvalue weighted by atomic mass is 10.2. The Hall–Kier alpha value is -1.95. The highest BCUT2D eigenvalue weighted by Crippen LogP contribution is 2.09. The maximum Gasteiger partial charge on any atom is 0.243 e. The Morgan fingerprint density at radius 2 is 2.06 bits per heavy atom. The summed E-state index contributed by atoms with van der Waals surface area (Å²) in [5.41, 5.74) is 5.38. The third-order valence-corrected chi connectivity index (χ3v) is 2.20. The van der Waals surface area contributed by atoms with Gasteiger partial charge >= 0.3 is 0 Å². The van der Waals surface area contributed by atoms with Gasteiger partial charge in [-0.15, -0.1) is 0 Å². The predicted octanol–water partition coefficient (Wildman–Crippen LogP) is 0.157. The van der Waals surface area contributed by atoms with E-state index in [9.17, 15) is 14.0 Å². The van der Waals surface area contributed by atoms with Gasteiger partial charge in [0.25, 0.3) is 0 Å². The van der Waals surface area contributed by atoms with Crippen LogP contribution in [0.5, 0.6) is 0 Å². The van der Waals surface area contributed by atoms with E-state index in [-0.39, 0.29) is 24.1 Å². The molecule has 0 spiro atoms. The van der Waals surface area contributed by atoms with Gasteiger partial charge in [0, 0.05) is 5.69 Å². The molecule has 1 saturated heterocycles. The van der Waals surface area contributed by atoms with Crippen molar-refractivity contribution < 1.29 is 14.0 Å². The molecule has 0 aromatic heterocycles. The van der Waals surface area contributed by atoms with Crippen LogP contribution in [-0.2, 0) is 9.59 Å². The number of nitrogens with one attached hydrogen (secondary N) is 3. The SMILES string of the molecule is O=C1CC(C(=O)Nc2ccc(F)cc2)NN1. The second-order valence-corrected chi connectivity index (χ2v) is 3.45. The Kier molecular flexibility index (Phi) is 2.82. The summed E-state index contributed by atoms with van der Waals surface area (Å²) < 4.78 is 12.6. The number of carbonyl (C=O) groups excluding carboxylic acids is 2. The first-order valence-electron chi connectivity index (χ1n) is 4.76. The van der Waals surface area contributed by atoms with E-state index in [1.165, 1.54) is 24.3 Å². The molecule has 1 aromatic rings. The maximum absolute atomic E-state index is 12.6. The zero-order valence-electron chi connectivity index (χ0n) is 8.29. The smallest absolute Gasteiger partial charge is 0.243 e. The van der Waals surface area contributed by atoms with Crippen LogP contribution < -0.4 is 16.2 Å². The minimum absolute atomic E-state index is 0.104. The third kappa shape index (κ3) is 2.34. The van der Waals surface area contributed by atoms with Crippen molar-refractivity contribution in [1.82, 2.24) is 10.9 Å². The van der Waals surface area contributed by atoms with Crippen molar-refractivity contribution in [3.05, 3.63) is 30.1 Å². The summed E-state index contributed by atoms with van der Waals surface area (Å²) in [5.74, 6) is -0.918. The Balaban J connectivity index is 1.97. The molecule has 6 heteroatoms. The fraction of sp³-hybridized carbons (Fsp3) is 0.200. The van der Waals surface area contributed by atoms with Crippen LogP contribution in [0.15, 0.2) is 24.3 Å². The van der Waals surface area contributed by atoms with E-state index in [1.54, 1.807) is 0 Å². The zero-order valence-corrected chi connectivity index (χ0v) is 8.29. The molecule has 1 aliphatic heterocycles. The highest BCUT2D eigenvalue weighted by Gasteiger charge is 2.27. The zero-order chi connectivity index (χ0) is 11.5. The van der Waals surface area contributed by atoms with Crippen molar-refractivity contribution in [2.75, 3.05) is 5.32 Å². The van der Waals surface area contributed by atoms with Crippen molar-refractivity contribution in [1.29, 1.82) is 0 Å². The van der Waals surface area contributed by atoms with Crippen LogP contribution in [0.1, 0.15) is 6.42 Å². The first-order chi connectivity index (χ1) is 7.65. The second kappa shape index (κ2) is 4.28. The van der Waals surface area contributed by atoms with Gasteiger partial charge in [0.05, 0.1) is 6.42 Å². The predicted molar refractivity (Wildman–Crippen MR) is 54.7 cm³/mol. The topological polar surface area (TPSA) is 70.2 Å². The van der Waals surface area contributed by atoms with Crippen molar-refractivity contribution in [3.63, 3.8) is 0 Å². The summed E-state index contributed by atoms with van der Waals surface area (Å²) in [6, 6.07) is 4.83. The molecular weight excluding hydrogens is 213 g/mol. The number of carbonyl (C=O) groups is 2. The van der Waals surface area contributed by atoms with E-state index in [0.717, 1.165) is 0 Å². The lowest BCUT2D eigenvalue weighted by molar-refractivity contribution is -0.121. The fourth-order valence-corrected chi connectivity index (χ4v) is 1.38. The molecule has 1 unspecified atom stereocenters. The summed E-state index contributed by atoms with van der Waals surface area (Å²) in [7, 11) is 0. The van der Waals surface area contributed by atoms with Crippen LogP contribution in [0.4, 0.5) is 10.1 Å².